The molecule has 9 heteroatoms. The Labute approximate surface area is 172 Å². The van der Waals surface area contributed by atoms with Gasteiger partial charge in [-0.2, -0.15) is 9.49 Å². The summed E-state index contributed by atoms with van der Waals surface area (Å²) in [4.78, 5) is 21.7. The molecule has 0 aliphatic carbocycles. The molecule has 1 aromatic carbocycles. The molecule has 0 saturated carbocycles. The fourth-order valence-electron chi connectivity index (χ4n) is 3.47. The summed E-state index contributed by atoms with van der Waals surface area (Å²) in [6, 6.07) is 10.9. The van der Waals surface area contributed by atoms with Crippen LogP contribution >= 0.6 is 11.3 Å². The highest BCUT2D eigenvalue weighted by molar-refractivity contribution is 7.13. The molecule has 5 aromatic heterocycles. The average molecular weight is 413 g/mol. The molecule has 6 rings (SSSR count). The van der Waals surface area contributed by atoms with E-state index in [1.54, 1.807) is 30.9 Å². The first kappa shape index (κ1) is 16.9. The van der Waals surface area contributed by atoms with Gasteiger partial charge in [0.25, 0.3) is 0 Å². The van der Waals surface area contributed by atoms with Crippen LogP contribution in [0.15, 0.2) is 61.2 Å². The van der Waals surface area contributed by atoms with Gasteiger partial charge in [-0.25, -0.2) is 4.98 Å². The van der Waals surface area contributed by atoms with Crippen LogP contribution in [0.4, 0.5) is 4.39 Å². The van der Waals surface area contributed by atoms with E-state index in [4.69, 9.17) is 4.98 Å². The third-order valence-electron chi connectivity index (χ3n) is 4.85. The Morgan fingerprint density at radius 3 is 2.70 bits per heavy atom. The number of benzene rings is 1. The Hall–Kier alpha value is -3.98. The number of aromatic amines is 2. The SMILES string of the molecule is Fc1ccc(-c2nccc3[nH]c(-c4n[nH]c5ccc(-c6cnccn6)cc45)nc23)s1. The molecule has 5 heterocycles. The Bertz CT molecular complexity index is 1520. The number of hydrogen-bond acceptors (Lipinski definition) is 6. The summed E-state index contributed by atoms with van der Waals surface area (Å²) in [6.07, 6.45) is 6.72. The lowest BCUT2D eigenvalue weighted by Crippen LogP contribution is -1.85. The molecule has 0 atom stereocenters. The number of pyridine rings is 1. The topological polar surface area (TPSA) is 96.0 Å². The van der Waals surface area contributed by atoms with Gasteiger partial charge in [0.05, 0.1) is 27.8 Å². The van der Waals surface area contributed by atoms with Crippen LogP contribution < -0.4 is 0 Å². The lowest BCUT2D eigenvalue weighted by molar-refractivity contribution is 0.657. The molecule has 0 amide bonds. The third-order valence-corrected chi connectivity index (χ3v) is 5.73. The molecule has 0 saturated heterocycles. The van der Waals surface area contributed by atoms with Gasteiger partial charge >= 0.3 is 0 Å². The highest BCUT2D eigenvalue weighted by Gasteiger charge is 2.17. The van der Waals surface area contributed by atoms with Gasteiger partial charge in [0.15, 0.2) is 11.0 Å². The maximum Gasteiger partial charge on any atom is 0.177 e. The molecule has 0 aliphatic heterocycles. The Morgan fingerprint density at radius 1 is 0.900 bits per heavy atom. The summed E-state index contributed by atoms with van der Waals surface area (Å²) in [7, 11) is 0. The van der Waals surface area contributed by atoms with Crippen molar-refractivity contribution in [1.82, 2.24) is 35.1 Å². The van der Waals surface area contributed by atoms with Gasteiger partial charge in [-0.3, -0.25) is 20.1 Å². The van der Waals surface area contributed by atoms with E-state index in [1.165, 1.54) is 6.07 Å². The van der Waals surface area contributed by atoms with Crippen molar-refractivity contribution in [2.45, 2.75) is 0 Å². The molecule has 0 aliphatic rings. The number of rotatable bonds is 3. The van der Waals surface area contributed by atoms with E-state index in [2.05, 4.69) is 30.1 Å². The molecule has 2 N–H and O–H groups in total. The molecule has 0 fully saturated rings. The fourth-order valence-corrected chi connectivity index (χ4v) is 4.20. The Kier molecular flexibility index (Phi) is 3.68. The summed E-state index contributed by atoms with van der Waals surface area (Å²) in [6.45, 7) is 0. The number of nitrogens with zero attached hydrogens (tertiary/aromatic N) is 5. The summed E-state index contributed by atoms with van der Waals surface area (Å²) in [5, 5.41) is 8.18. The number of aromatic nitrogens is 7. The quantitative estimate of drug-likeness (QED) is 0.433. The first-order valence-corrected chi connectivity index (χ1v) is 9.93. The predicted octanol–water partition coefficient (Wildman–Crippen LogP) is 4.83. The molecule has 0 spiro atoms. The van der Waals surface area contributed by atoms with Crippen LogP contribution in [0.3, 0.4) is 0 Å². The minimum atomic E-state index is -0.255. The standard InChI is InChI=1S/C21H12FN7S/c22-17-4-3-16(30-17)20-19-14(5-6-25-20)26-21(27-19)18-12-9-11(1-2-13(12)28-29-18)15-10-23-7-8-24-15/h1-10H,(H,26,27)(H,28,29). The normalized spacial score (nSPS) is 11.5. The second kappa shape index (κ2) is 6.53. The monoisotopic (exact) mass is 413 g/mol. The summed E-state index contributed by atoms with van der Waals surface area (Å²) >= 11 is 1.05. The van der Waals surface area contributed by atoms with E-state index in [1.807, 2.05) is 24.3 Å². The van der Waals surface area contributed by atoms with Gasteiger partial charge in [0.2, 0.25) is 0 Å². The van der Waals surface area contributed by atoms with E-state index in [0.29, 0.717) is 22.7 Å². The minimum Gasteiger partial charge on any atom is -0.336 e. The van der Waals surface area contributed by atoms with Crippen LogP contribution in [0.2, 0.25) is 0 Å². The first-order valence-electron chi connectivity index (χ1n) is 9.11. The average Bonchev–Trinajstić information content (AvgIpc) is 3.51. The molecule has 30 heavy (non-hydrogen) atoms. The Balaban J connectivity index is 1.52. The van der Waals surface area contributed by atoms with Gasteiger partial charge < -0.3 is 4.98 Å². The molecule has 0 bridgehead atoms. The number of fused-ring (bicyclic) bond motifs is 2. The van der Waals surface area contributed by atoms with Gasteiger partial charge in [-0.15, -0.1) is 11.3 Å². The van der Waals surface area contributed by atoms with Crippen molar-refractivity contribution in [3.63, 3.8) is 0 Å². The lowest BCUT2D eigenvalue weighted by atomic mass is 10.1. The predicted molar refractivity (Wildman–Crippen MR) is 113 cm³/mol. The van der Waals surface area contributed by atoms with Crippen molar-refractivity contribution in [3.8, 4) is 33.3 Å². The largest absolute Gasteiger partial charge is 0.336 e. The number of thiophene rings is 1. The van der Waals surface area contributed by atoms with E-state index in [9.17, 15) is 4.39 Å². The van der Waals surface area contributed by atoms with Crippen LogP contribution in [0.5, 0.6) is 0 Å². The van der Waals surface area contributed by atoms with Gasteiger partial charge in [-0.05, 0) is 30.3 Å². The van der Waals surface area contributed by atoms with E-state index >= 15 is 0 Å². The maximum absolute atomic E-state index is 13.5. The highest BCUT2D eigenvalue weighted by atomic mass is 32.1. The van der Waals surface area contributed by atoms with Gasteiger partial charge in [-0.1, -0.05) is 6.07 Å². The number of H-pyrrole nitrogens is 2. The molecule has 0 radical (unpaired) electrons. The minimum absolute atomic E-state index is 0.255. The van der Waals surface area contributed by atoms with Crippen LogP contribution in [0.1, 0.15) is 0 Å². The molecule has 0 unspecified atom stereocenters. The lowest BCUT2D eigenvalue weighted by Gasteiger charge is -2.00. The summed E-state index contributed by atoms with van der Waals surface area (Å²) < 4.78 is 13.5. The van der Waals surface area contributed by atoms with Crippen molar-refractivity contribution in [2.75, 3.05) is 0 Å². The zero-order chi connectivity index (χ0) is 20.1. The van der Waals surface area contributed by atoms with Crippen molar-refractivity contribution < 1.29 is 4.39 Å². The third kappa shape index (κ3) is 2.67. The van der Waals surface area contributed by atoms with Crippen LogP contribution in [0, 0.1) is 5.13 Å². The fraction of sp³-hybridized carbons (Fsp3) is 0. The molecule has 6 aromatic rings. The van der Waals surface area contributed by atoms with E-state index < -0.39 is 0 Å². The van der Waals surface area contributed by atoms with Crippen molar-refractivity contribution in [3.05, 3.63) is 66.3 Å². The van der Waals surface area contributed by atoms with E-state index in [-0.39, 0.29) is 5.13 Å². The number of halogens is 1. The maximum atomic E-state index is 13.5. The molecule has 144 valence electrons. The van der Waals surface area contributed by atoms with Crippen LogP contribution in [-0.4, -0.2) is 35.1 Å². The van der Waals surface area contributed by atoms with Crippen molar-refractivity contribution >= 4 is 33.3 Å². The first-order chi connectivity index (χ1) is 14.8. The number of hydrogen-bond donors (Lipinski definition) is 2. The van der Waals surface area contributed by atoms with E-state index in [0.717, 1.165) is 43.9 Å². The highest BCUT2D eigenvalue weighted by Crippen LogP contribution is 2.33. The summed E-state index contributed by atoms with van der Waals surface area (Å²) in [5.74, 6) is 0.610. The van der Waals surface area contributed by atoms with Crippen molar-refractivity contribution in [2.24, 2.45) is 0 Å². The van der Waals surface area contributed by atoms with Crippen LogP contribution in [0.25, 0.3) is 55.3 Å². The second-order valence-corrected chi connectivity index (χ2v) is 7.70. The van der Waals surface area contributed by atoms with Crippen molar-refractivity contribution in [1.29, 1.82) is 0 Å². The van der Waals surface area contributed by atoms with Gasteiger partial charge in [0, 0.05) is 29.5 Å². The van der Waals surface area contributed by atoms with Crippen LogP contribution in [-0.2, 0) is 0 Å². The number of imidazole rings is 1. The van der Waals surface area contributed by atoms with Gasteiger partial charge in [0.1, 0.15) is 16.9 Å². The molecular weight excluding hydrogens is 401 g/mol. The smallest absolute Gasteiger partial charge is 0.177 e. The Morgan fingerprint density at radius 2 is 1.87 bits per heavy atom. The second-order valence-electron chi connectivity index (χ2n) is 6.67. The molecule has 7 nitrogen and oxygen atoms in total. The zero-order valence-corrected chi connectivity index (χ0v) is 16.1. The summed E-state index contributed by atoms with van der Waals surface area (Å²) in [5.41, 5.74) is 5.42. The number of nitrogens with one attached hydrogen (secondary N) is 2. The molecular formula is C21H12FN7S. The zero-order valence-electron chi connectivity index (χ0n) is 15.3.